The van der Waals surface area contributed by atoms with Crippen molar-refractivity contribution in [3.63, 3.8) is 0 Å². The monoisotopic (exact) mass is 414 g/mol. The van der Waals surface area contributed by atoms with E-state index in [2.05, 4.69) is 0 Å². The average Bonchev–Trinajstić information content (AvgIpc) is 2.80. The molecule has 1 spiro atoms. The van der Waals surface area contributed by atoms with Crippen LogP contribution in [0.5, 0.6) is 5.75 Å². The van der Waals surface area contributed by atoms with E-state index in [9.17, 15) is 9.59 Å². The maximum atomic E-state index is 13.1. The molecule has 2 amide bonds. The molecule has 0 atom stereocenters. The second kappa shape index (κ2) is 9.38. The van der Waals surface area contributed by atoms with E-state index in [0.717, 1.165) is 58.2 Å². The van der Waals surface area contributed by atoms with Crippen molar-refractivity contribution in [1.82, 2.24) is 9.80 Å². The minimum absolute atomic E-state index is 0.000638. The molecule has 3 saturated heterocycles. The first kappa shape index (κ1) is 21.2. The molecule has 0 radical (unpaired) electrons. The van der Waals surface area contributed by atoms with Crippen LogP contribution in [0.3, 0.4) is 0 Å². The molecule has 4 rings (SSSR count). The Bertz CT molecular complexity index is 741. The molecule has 164 valence electrons. The first-order valence-electron chi connectivity index (χ1n) is 11.6. The molecule has 3 aliphatic rings. The van der Waals surface area contributed by atoms with Crippen LogP contribution in [0.25, 0.3) is 0 Å². The number of carbonyl (C=O) groups excluding carboxylic acids is 2. The normalized spacial score (nSPS) is 22.2. The van der Waals surface area contributed by atoms with Crippen LogP contribution in [0.2, 0.25) is 0 Å². The number of rotatable bonds is 4. The van der Waals surface area contributed by atoms with Gasteiger partial charge in [-0.15, -0.1) is 0 Å². The molecule has 0 aliphatic carbocycles. The van der Waals surface area contributed by atoms with E-state index < -0.39 is 0 Å². The van der Waals surface area contributed by atoms with E-state index >= 15 is 0 Å². The van der Waals surface area contributed by atoms with Gasteiger partial charge in [0.2, 0.25) is 5.91 Å². The number of benzene rings is 1. The van der Waals surface area contributed by atoms with Crippen LogP contribution in [0, 0.1) is 5.92 Å². The van der Waals surface area contributed by atoms with Crippen LogP contribution in [0.15, 0.2) is 24.3 Å². The van der Waals surface area contributed by atoms with E-state index in [4.69, 9.17) is 9.47 Å². The summed E-state index contributed by atoms with van der Waals surface area (Å²) in [4.78, 5) is 30.0. The molecule has 3 aliphatic heterocycles. The van der Waals surface area contributed by atoms with E-state index in [1.807, 2.05) is 41.0 Å². The van der Waals surface area contributed by atoms with Crippen molar-refractivity contribution in [1.29, 1.82) is 0 Å². The Morgan fingerprint density at radius 3 is 2.43 bits per heavy atom. The van der Waals surface area contributed by atoms with Crippen molar-refractivity contribution in [2.75, 3.05) is 39.4 Å². The number of amides is 2. The molecular weight excluding hydrogens is 380 g/mol. The molecule has 0 aromatic heterocycles. The standard InChI is InChI=1S/C24H34N2O4/c1-2-29-21-8-4-3-7-20(21)23(28)25-14-9-19(10-15-25)22(27)26-16-12-24(13-17-26)11-5-6-18-30-24/h3-4,7-8,19H,2,5-6,9-18H2,1H3. The summed E-state index contributed by atoms with van der Waals surface area (Å²) in [6, 6.07) is 7.41. The summed E-state index contributed by atoms with van der Waals surface area (Å²) in [5.41, 5.74) is 0.636. The maximum absolute atomic E-state index is 13.1. The fourth-order valence-electron chi connectivity index (χ4n) is 5.12. The lowest BCUT2D eigenvalue weighted by atomic mass is 9.84. The van der Waals surface area contributed by atoms with Crippen molar-refractivity contribution < 1.29 is 19.1 Å². The minimum Gasteiger partial charge on any atom is -0.493 e. The molecule has 6 nitrogen and oxygen atoms in total. The summed E-state index contributed by atoms with van der Waals surface area (Å²) in [7, 11) is 0. The second-order valence-corrected chi connectivity index (χ2v) is 8.81. The zero-order chi connectivity index (χ0) is 21.0. The summed E-state index contributed by atoms with van der Waals surface area (Å²) in [6.45, 7) is 6.17. The third kappa shape index (κ3) is 4.48. The molecule has 3 heterocycles. The Balaban J connectivity index is 1.29. The summed E-state index contributed by atoms with van der Waals surface area (Å²) < 4.78 is 11.7. The van der Waals surface area contributed by atoms with Crippen LogP contribution in [0.4, 0.5) is 0 Å². The molecule has 30 heavy (non-hydrogen) atoms. The molecule has 0 N–H and O–H groups in total. The first-order chi connectivity index (χ1) is 14.6. The van der Waals surface area contributed by atoms with Gasteiger partial charge in [-0.2, -0.15) is 0 Å². The molecule has 1 aromatic rings. The average molecular weight is 415 g/mol. The molecular formula is C24H34N2O4. The lowest BCUT2D eigenvalue weighted by Gasteiger charge is -2.45. The lowest BCUT2D eigenvalue weighted by molar-refractivity contribution is -0.147. The van der Waals surface area contributed by atoms with E-state index in [0.29, 0.717) is 31.0 Å². The van der Waals surface area contributed by atoms with E-state index in [1.165, 1.54) is 6.42 Å². The van der Waals surface area contributed by atoms with E-state index in [1.54, 1.807) is 0 Å². The Morgan fingerprint density at radius 1 is 1.03 bits per heavy atom. The Hall–Kier alpha value is -2.08. The highest BCUT2D eigenvalue weighted by atomic mass is 16.5. The number of hydrogen-bond donors (Lipinski definition) is 0. The summed E-state index contributed by atoms with van der Waals surface area (Å²) in [5.74, 6) is 0.926. The molecule has 0 unspecified atom stereocenters. The predicted octanol–water partition coefficient (Wildman–Crippen LogP) is 3.50. The Morgan fingerprint density at radius 2 is 1.77 bits per heavy atom. The van der Waals surface area contributed by atoms with Crippen molar-refractivity contribution >= 4 is 11.8 Å². The molecule has 6 heteroatoms. The molecule has 0 bridgehead atoms. The van der Waals surface area contributed by atoms with Gasteiger partial charge in [0.15, 0.2) is 0 Å². The van der Waals surface area contributed by atoms with Gasteiger partial charge in [0.25, 0.3) is 5.91 Å². The highest BCUT2D eigenvalue weighted by Crippen LogP contribution is 2.35. The number of likely N-dealkylation sites (tertiary alicyclic amines) is 2. The largest absolute Gasteiger partial charge is 0.493 e. The van der Waals surface area contributed by atoms with Gasteiger partial charge in [-0.25, -0.2) is 0 Å². The fourth-order valence-corrected chi connectivity index (χ4v) is 5.12. The van der Waals surface area contributed by atoms with Gasteiger partial charge >= 0.3 is 0 Å². The number of piperidine rings is 2. The topological polar surface area (TPSA) is 59.1 Å². The fraction of sp³-hybridized carbons (Fsp3) is 0.667. The number of carbonyl (C=O) groups is 2. The van der Waals surface area contributed by atoms with Gasteiger partial charge in [0, 0.05) is 38.7 Å². The number of ether oxygens (including phenoxy) is 2. The SMILES string of the molecule is CCOc1ccccc1C(=O)N1CCC(C(=O)N2CCC3(CCCCO3)CC2)CC1. The third-order valence-electron chi connectivity index (χ3n) is 6.97. The van der Waals surface area contributed by atoms with E-state index in [-0.39, 0.29) is 23.3 Å². The van der Waals surface area contributed by atoms with Crippen molar-refractivity contribution in [3.8, 4) is 5.75 Å². The first-order valence-corrected chi connectivity index (χ1v) is 11.6. The van der Waals surface area contributed by atoms with Crippen LogP contribution in [-0.2, 0) is 9.53 Å². The summed E-state index contributed by atoms with van der Waals surface area (Å²) in [5, 5.41) is 0. The van der Waals surface area contributed by atoms with Crippen LogP contribution in [-0.4, -0.2) is 66.6 Å². The van der Waals surface area contributed by atoms with Crippen LogP contribution < -0.4 is 4.74 Å². The van der Waals surface area contributed by atoms with Gasteiger partial charge in [0.1, 0.15) is 5.75 Å². The zero-order valence-corrected chi connectivity index (χ0v) is 18.1. The maximum Gasteiger partial charge on any atom is 0.257 e. The number of para-hydroxylation sites is 1. The molecule has 1 aromatic carbocycles. The van der Waals surface area contributed by atoms with Crippen molar-refractivity contribution in [2.24, 2.45) is 5.92 Å². The van der Waals surface area contributed by atoms with Gasteiger partial charge in [-0.3, -0.25) is 9.59 Å². The van der Waals surface area contributed by atoms with Crippen molar-refractivity contribution in [3.05, 3.63) is 29.8 Å². The zero-order valence-electron chi connectivity index (χ0n) is 18.1. The number of hydrogen-bond acceptors (Lipinski definition) is 4. The predicted molar refractivity (Wildman–Crippen MR) is 115 cm³/mol. The molecule has 0 saturated carbocycles. The van der Waals surface area contributed by atoms with Gasteiger partial charge in [-0.1, -0.05) is 12.1 Å². The summed E-state index contributed by atoms with van der Waals surface area (Å²) in [6.07, 6.45) is 6.94. The molecule has 3 fully saturated rings. The lowest BCUT2D eigenvalue weighted by Crippen LogP contribution is -2.51. The van der Waals surface area contributed by atoms with Gasteiger partial charge < -0.3 is 19.3 Å². The Kier molecular flexibility index (Phi) is 6.61. The second-order valence-electron chi connectivity index (χ2n) is 8.81. The van der Waals surface area contributed by atoms with Crippen molar-refractivity contribution in [2.45, 2.75) is 57.5 Å². The van der Waals surface area contributed by atoms with Gasteiger partial charge in [0.05, 0.1) is 17.8 Å². The van der Waals surface area contributed by atoms with Crippen LogP contribution in [0.1, 0.15) is 62.2 Å². The number of nitrogens with zero attached hydrogens (tertiary/aromatic N) is 2. The quantitative estimate of drug-likeness (QED) is 0.757. The van der Waals surface area contributed by atoms with Gasteiger partial charge in [-0.05, 0) is 64.0 Å². The highest BCUT2D eigenvalue weighted by molar-refractivity contribution is 5.97. The third-order valence-corrected chi connectivity index (χ3v) is 6.97. The highest BCUT2D eigenvalue weighted by Gasteiger charge is 2.39. The minimum atomic E-state index is -0.000638. The smallest absolute Gasteiger partial charge is 0.257 e. The Labute approximate surface area is 179 Å². The summed E-state index contributed by atoms with van der Waals surface area (Å²) >= 11 is 0. The van der Waals surface area contributed by atoms with Crippen LogP contribution >= 0.6 is 0 Å².